The number of hydrogen-bond acceptors (Lipinski definition) is 4. The van der Waals surface area contributed by atoms with E-state index in [4.69, 9.17) is 5.73 Å². The fourth-order valence-corrected chi connectivity index (χ4v) is 4.64. The third-order valence-corrected chi connectivity index (χ3v) is 6.21. The Kier molecular flexibility index (Phi) is 4.85. The van der Waals surface area contributed by atoms with E-state index in [9.17, 15) is 4.79 Å². The summed E-state index contributed by atoms with van der Waals surface area (Å²) in [5, 5.41) is 5.30. The molecule has 0 radical (unpaired) electrons. The number of carbonyl (C=O) groups excluding carboxylic acids is 1. The van der Waals surface area contributed by atoms with E-state index in [-0.39, 0.29) is 17.4 Å². The first-order chi connectivity index (χ1) is 10.6. The summed E-state index contributed by atoms with van der Waals surface area (Å²) in [4.78, 5) is 16.4. The lowest BCUT2D eigenvalue weighted by atomic mass is 9.74. The highest BCUT2D eigenvalue weighted by Crippen LogP contribution is 2.31. The van der Waals surface area contributed by atoms with Crippen molar-refractivity contribution in [3.63, 3.8) is 0 Å². The lowest BCUT2D eigenvalue weighted by molar-refractivity contribution is -0.128. The molecule has 2 unspecified atom stereocenters. The van der Waals surface area contributed by atoms with Crippen LogP contribution in [0.25, 0.3) is 0 Å². The molecule has 22 heavy (non-hydrogen) atoms. The molecule has 5 heteroatoms. The van der Waals surface area contributed by atoms with E-state index in [2.05, 4.69) is 21.7 Å². The summed E-state index contributed by atoms with van der Waals surface area (Å²) < 4.78 is 0. The summed E-state index contributed by atoms with van der Waals surface area (Å²) in [5.74, 6) is 0.129. The van der Waals surface area contributed by atoms with Crippen LogP contribution in [0.5, 0.6) is 0 Å². The van der Waals surface area contributed by atoms with Crippen molar-refractivity contribution >= 4 is 17.2 Å². The van der Waals surface area contributed by atoms with Crippen LogP contribution in [0.15, 0.2) is 11.4 Å². The summed E-state index contributed by atoms with van der Waals surface area (Å²) in [5.41, 5.74) is 7.44. The Hall–Kier alpha value is -0.910. The van der Waals surface area contributed by atoms with E-state index in [0.717, 1.165) is 58.3 Å². The van der Waals surface area contributed by atoms with Gasteiger partial charge in [0.15, 0.2) is 0 Å². The maximum atomic E-state index is 12.4. The number of carbonyl (C=O) groups is 1. The van der Waals surface area contributed by atoms with Gasteiger partial charge in [-0.25, -0.2) is 0 Å². The maximum absolute atomic E-state index is 12.4. The minimum Gasteiger partial charge on any atom is -0.355 e. The van der Waals surface area contributed by atoms with Crippen LogP contribution in [0, 0.1) is 5.92 Å². The van der Waals surface area contributed by atoms with Crippen LogP contribution in [0.1, 0.15) is 43.0 Å². The molecular weight excluding hydrogens is 294 g/mol. The summed E-state index contributed by atoms with van der Waals surface area (Å²) in [6, 6.07) is 2.23. The second-order valence-corrected chi connectivity index (χ2v) is 7.99. The molecule has 0 aromatic carbocycles. The van der Waals surface area contributed by atoms with Crippen molar-refractivity contribution in [3.8, 4) is 0 Å². The number of nitrogens with one attached hydrogen (secondary N) is 1. The predicted molar refractivity (Wildman–Crippen MR) is 90.9 cm³/mol. The van der Waals surface area contributed by atoms with Crippen molar-refractivity contribution in [1.82, 2.24) is 10.2 Å². The van der Waals surface area contributed by atoms with Gasteiger partial charge in [0, 0.05) is 36.6 Å². The fourth-order valence-electron chi connectivity index (χ4n) is 3.75. The lowest BCUT2D eigenvalue weighted by Gasteiger charge is -2.37. The van der Waals surface area contributed by atoms with E-state index >= 15 is 0 Å². The summed E-state index contributed by atoms with van der Waals surface area (Å²) in [7, 11) is 0. The quantitative estimate of drug-likeness (QED) is 0.893. The predicted octanol–water partition coefficient (Wildman–Crippen LogP) is 2.13. The van der Waals surface area contributed by atoms with Crippen LogP contribution in [-0.2, 0) is 17.8 Å². The molecule has 3 rings (SSSR count). The molecular formula is C17H27N3OS. The average Bonchev–Trinajstić information content (AvgIpc) is 2.94. The van der Waals surface area contributed by atoms with Gasteiger partial charge >= 0.3 is 0 Å². The molecule has 2 heterocycles. The summed E-state index contributed by atoms with van der Waals surface area (Å²) in [6.07, 6.45) is 5.30. The molecule has 0 spiro atoms. The van der Waals surface area contributed by atoms with Crippen molar-refractivity contribution in [2.24, 2.45) is 11.7 Å². The molecule has 4 nitrogen and oxygen atoms in total. The summed E-state index contributed by atoms with van der Waals surface area (Å²) >= 11 is 1.86. The van der Waals surface area contributed by atoms with E-state index in [1.54, 1.807) is 0 Å². The van der Waals surface area contributed by atoms with Gasteiger partial charge in [-0.3, -0.25) is 9.69 Å². The SMILES string of the molecule is CC1(N)CCCCC1C(=O)NCCN1CCc2sccc2C1. The van der Waals surface area contributed by atoms with Crippen molar-refractivity contribution in [1.29, 1.82) is 0 Å². The molecule has 2 atom stereocenters. The Morgan fingerprint density at radius 1 is 1.55 bits per heavy atom. The first-order valence-corrected chi connectivity index (χ1v) is 9.28. The molecule has 2 aliphatic rings. The normalized spacial score (nSPS) is 29.1. The minimum absolute atomic E-state index is 0.0221. The Labute approximate surface area is 137 Å². The molecule has 0 bridgehead atoms. The largest absolute Gasteiger partial charge is 0.355 e. The van der Waals surface area contributed by atoms with E-state index < -0.39 is 0 Å². The van der Waals surface area contributed by atoms with Gasteiger partial charge in [0.05, 0.1) is 5.92 Å². The van der Waals surface area contributed by atoms with Crippen molar-refractivity contribution < 1.29 is 4.79 Å². The first-order valence-electron chi connectivity index (χ1n) is 8.40. The molecule has 3 N–H and O–H groups in total. The highest BCUT2D eigenvalue weighted by Gasteiger charge is 2.37. The Bertz CT molecular complexity index is 526. The number of fused-ring (bicyclic) bond motifs is 1. The van der Waals surface area contributed by atoms with Gasteiger partial charge in [0.25, 0.3) is 0 Å². The second kappa shape index (κ2) is 6.69. The van der Waals surface area contributed by atoms with Crippen molar-refractivity contribution in [3.05, 3.63) is 21.9 Å². The van der Waals surface area contributed by atoms with Gasteiger partial charge in [-0.1, -0.05) is 12.8 Å². The third kappa shape index (κ3) is 3.53. The molecule has 1 aromatic heterocycles. The molecule has 0 saturated heterocycles. The number of amides is 1. The highest BCUT2D eigenvalue weighted by molar-refractivity contribution is 7.10. The smallest absolute Gasteiger partial charge is 0.225 e. The van der Waals surface area contributed by atoms with E-state index in [1.165, 1.54) is 10.4 Å². The molecule has 1 aliphatic carbocycles. The van der Waals surface area contributed by atoms with E-state index in [0.29, 0.717) is 0 Å². The highest BCUT2D eigenvalue weighted by atomic mass is 32.1. The van der Waals surface area contributed by atoms with Gasteiger partial charge in [-0.2, -0.15) is 0 Å². The number of nitrogens with two attached hydrogens (primary N) is 1. The molecule has 1 amide bonds. The van der Waals surface area contributed by atoms with Gasteiger partial charge < -0.3 is 11.1 Å². The topological polar surface area (TPSA) is 58.4 Å². The second-order valence-electron chi connectivity index (χ2n) is 6.99. The molecule has 1 fully saturated rings. The lowest BCUT2D eigenvalue weighted by Crippen LogP contribution is -2.53. The Morgan fingerprint density at radius 3 is 3.23 bits per heavy atom. The van der Waals surface area contributed by atoms with Crippen LogP contribution in [-0.4, -0.2) is 36.0 Å². The van der Waals surface area contributed by atoms with Crippen LogP contribution >= 0.6 is 11.3 Å². The maximum Gasteiger partial charge on any atom is 0.225 e. The van der Waals surface area contributed by atoms with Gasteiger partial charge in [0.2, 0.25) is 5.91 Å². The first kappa shape index (κ1) is 16.0. The average molecular weight is 321 g/mol. The molecule has 1 aromatic rings. The van der Waals surface area contributed by atoms with E-state index in [1.807, 2.05) is 18.3 Å². The zero-order valence-electron chi connectivity index (χ0n) is 13.4. The molecule has 122 valence electrons. The molecule has 1 aliphatic heterocycles. The number of rotatable bonds is 4. The Morgan fingerprint density at radius 2 is 2.41 bits per heavy atom. The van der Waals surface area contributed by atoms with Crippen LogP contribution < -0.4 is 11.1 Å². The summed E-state index contributed by atoms with van der Waals surface area (Å²) in [6.45, 7) is 5.80. The standard InChI is InChI=1S/C17H27N3OS/c1-17(18)7-3-2-4-14(17)16(21)19-8-10-20-9-5-15-13(12-20)6-11-22-15/h6,11,14H,2-5,7-10,12,18H2,1H3,(H,19,21). The number of nitrogens with zero attached hydrogens (tertiary/aromatic N) is 1. The third-order valence-electron chi connectivity index (χ3n) is 5.18. The monoisotopic (exact) mass is 321 g/mol. The zero-order valence-corrected chi connectivity index (χ0v) is 14.3. The number of hydrogen-bond donors (Lipinski definition) is 2. The van der Waals surface area contributed by atoms with Crippen molar-refractivity contribution in [2.45, 2.75) is 51.1 Å². The van der Waals surface area contributed by atoms with Crippen LogP contribution in [0.2, 0.25) is 0 Å². The van der Waals surface area contributed by atoms with Gasteiger partial charge in [0.1, 0.15) is 0 Å². The Balaban J connectivity index is 1.44. The van der Waals surface area contributed by atoms with Crippen LogP contribution in [0.4, 0.5) is 0 Å². The minimum atomic E-state index is -0.334. The molecule has 1 saturated carbocycles. The van der Waals surface area contributed by atoms with Crippen LogP contribution in [0.3, 0.4) is 0 Å². The van der Waals surface area contributed by atoms with Crippen molar-refractivity contribution in [2.75, 3.05) is 19.6 Å². The fraction of sp³-hybridized carbons (Fsp3) is 0.706. The van der Waals surface area contributed by atoms with Gasteiger partial charge in [-0.05, 0) is 43.2 Å². The zero-order chi connectivity index (χ0) is 15.6. The van der Waals surface area contributed by atoms with Gasteiger partial charge in [-0.15, -0.1) is 11.3 Å². The number of thiophene rings is 1.